The molecule has 3 rings (SSSR count). The summed E-state index contributed by atoms with van der Waals surface area (Å²) in [4.78, 5) is 12.2. The maximum atomic E-state index is 12.5. The van der Waals surface area contributed by atoms with E-state index < -0.39 is 10.0 Å². The summed E-state index contributed by atoms with van der Waals surface area (Å²) in [6.07, 6.45) is 0. The molecule has 0 heterocycles. The van der Waals surface area contributed by atoms with Crippen molar-refractivity contribution < 1.29 is 22.7 Å². The Balaban J connectivity index is 1.53. The first kappa shape index (κ1) is 22.2. The van der Waals surface area contributed by atoms with Gasteiger partial charge >= 0.3 is 0 Å². The Morgan fingerprint density at radius 1 is 0.968 bits per heavy atom. The lowest BCUT2D eigenvalue weighted by atomic mass is 10.2. The minimum absolute atomic E-state index is 0.0991. The molecule has 31 heavy (non-hydrogen) atoms. The number of carbonyl (C=O) groups is 1. The van der Waals surface area contributed by atoms with Crippen LogP contribution in [0.15, 0.2) is 77.7 Å². The van der Waals surface area contributed by atoms with Crippen molar-refractivity contribution in [2.45, 2.75) is 18.4 Å². The maximum Gasteiger partial charge on any atom is 0.261 e. The molecule has 0 aliphatic carbocycles. The lowest BCUT2D eigenvalue weighted by molar-refractivity contribution is -0.123. The fourth-order valence-corrected chi connectivity index (χ4v) is 3.93. The number of sulfonamides is 1. The number of hydrogen-bond donors (Lipinski definition) is 2. The van der Waals surface area contributed by atoms with Crippen LogP contribution in [0.25, 0.3) is 0 Å². The van der Waals surface area contributed by atoms with Gasteiger partial charge in [0.2, 0.25) is 0 Å². The highest BCUT2D eigenvalue weighted by Crippen LogP contribution is 2.20. The molecule has 0 aromatic heterocycles. The number of ether oxygens (including phenoxy) is 2. The number of rotatable bonds is 9. The van der Waals surface area contributed by atoms with Gasteiger partial charge in [-0.05, 0) is 55.0 Å². The van der Waals surface area contributed by atoms with E-state index in [1.807, 2.05) is 37.3 Å². The number of amides is 1. The van der Waals surface area contributed by atoms with Crippen LogP contribution in [-0.4, -0.2) is 28.0 Å². The van der Waals surface area contributed by atoms with E-state index in [-0.39, 0.29) is 17.4 Å². The summed E-state index contributed by atoms with van der Waals surface area (Å²) in [7, 11) is -2.15. The molecule has 0 aliphatic heterocycles. The van der Waals surface area contributed by atoms with E-state index >= 15 is 0 Å². The van der Waals surface area contributed by atoms with Crippen LogP contribution in [0.4, 0.5) is 5.69 Å². The standard InChI is InChI=1S/C23H24N2O5S/c1-17-6-5-8-19(14-17)25-31(27,28)21-12-10-20(11-13-21)30-16-23(26)24-15-18-7-3-4-9-22(18)29-2/h3-14,25H,15-16H2,1-2H3,(H,24,26). The monoisotopic (exact) mass is 440 g/mol. The second-order valence-corrected chi connectivity index (χ2v) is 8.51. The molecule has 0 saturated heterocycles. The summed E-state index contributed by atoms with van der Waals surface area (Å²) in [5.41, 5.74) is 2.30. The number of carbonyl (C=O) groups excluding carboxylic acids is 1. The Kier molecular flexibility index (Phi) is 7.15. The Hall–Kier alpha value is -3.52. The minimum atomic E-state index is -3.72. The Labute approximate surface area is 182 Å². The van der Waals surface area contributed by atoms with Crippen molar-refractivity contribution in [2.24, 2.45) is 0 Å². The van der Waals surface area contributed by atoms with E-state index in [1.54, 1.807) is 25.3 Å². The van der Waals surface area contributed by atoms with Crippen LogP contribution in [0.5, 0.6) is 11.5 Å². The fourth-order valence-electron chi connectivity index (χ4n) is 2.88. The minimum Gasteiger partial charge on any atom is -0.496 e. The molecule has 8 heteroatoms. The topological polar surface area (TPSA) is 93.7 Å². The molecule has 7 nitrogen and oxygen atoms in total. The third-order valence-corrected chi connectivity index (χ3v) is 5.84. The first-order valence-electron chi connectivity index (χ1n) is 9.58. The molecule has 0 atom stereocenters. The van der Waals surface area contributed by atoms with Crippen molar-refractivity contribution in [1.82, 2.24) is 5.32 Å². The van der Waals surface area contributed by atoms with Gasteiger partial charge in [0.05, 0.1) is 12.0 Å². The second-order valence-electron chi connectivity index (χ2n) is 6.82. The highest BCUT2D eigenvalue weighted by Gasteiger charge is 2.14. The predicted molar refractivity (Wildman–Crippen MR) is 119 cm³/mol. The number of para-hydroxylation sites is 1. The number of benzene rings is 3. The van der Waals surface area contributed by atoms with E-state index in [2.05, 4.69) is 10.0 Å². The Morgan fingerprint density at radius 3 is 2.42 bits per heavy atom. The zero-order chi connectivity index (χ0) is 22.3. The quantitative estimate of drug-likeness (QED) is 0.531. The van der Waals surface area contributed by atoms with E-state index in [1.165, 1.54) is 24.3 Å². The summed E-state index contributed by atoms with van der Waals surface area (Å²) in [5, 5.41) is 2.76. The van der Waals surface area contributed by atoms with E-state index in [0.29, 0.717) is 23.7 Å². The van der Waals surface area contributed by atoms with Crippen LogP contribution in [0, 0.1) is 6.92 Å². The van der Waals surface area contributed by atoms with Gasteiger partial charge in [-0.3, -0.25) is 9.52 Å². The second kappa shape index (κ2) is 9.99. The first-order chi connectivity index (χ1) is 14.9. The van der Waals surface area contributed by atoms with Gasteiger partial charge in [-0.15, -0.1) is 0 Å². The van der Waals surface area contributed by atoms with Crippen LogP contribution >= 0.6 is 0 Å². The molecule has 3 aromatic rings. The molecule has 2 N–H and O–H groups in total. The zero-order valence-corrected chi connectivity index (χ0v) is 18.1. The highest BCUT2D eigenvalue weighted by molar-refractivity contribution is 7.92. The molecular weight excluding hydrogens is 416 g/mol. The summed E-state index contributed by atoms with van der Waals surface area (Å²) in [6, 6.07) is 20.4. The normalized spacial score (nSPS) is 10.9. The number of methoxy groups -OCH3 is 1. The lowest BCUT2D eigenvalue weighted by Gasteiger charge is -2.11. The Bertz CT molecular complexity index is 1140. The van der Waals surface area contributed by atoms with Crippen molar-refractivity contribution in [3.8, 4) is 11.5 Å². The van der Waals surface area contributed by atoms with Crippen molar-refractivity contribution in [3.05, 3.63) is 83.9 Å². The molecule has 0 fully saturated rings. The summed E-state index contributed by atoms with van der Waals surface area (Å²) < 4.78 is 38.3. The van der Waals surface area contributed by atoms with Crippen LogP contribution in [-0.2, 0) is 21.4 Å². The summed E-state index contributed by atoms with van der Waals surface area (Å²) in [6.45, 7) is 2.01. The van der Waals surface area contributed by atoms with Crippen molar-refractivity contribution in [1.29, 1.82) is 0 Å². The van der Waals surface area contributed by atoms with Gasteiger partial charge in [-0.2, -0.15) is 0 Å². The SMILES string of the molecule is COc1ccccc1CNC(=O)COc1ccc(S(=O)(=O)Nc2cccc(C)c2)cc1. The smallest absolute Gasteiger partial charge is 0.261 e. The van der Waals surface area contributed by atoms with Crippen molar-refractivity contribution >= 4 is 21.6 Å². The Morgan fingerprint density at radius 2 is 1.71 bits per heavy atom. The molecule has 162 valence electrons. The van der Waals surface area contributed by atoms with Gasteiger partial charge < -0.3 is 14.8 Å². The first-order valence-corrected chi connectivity index (χ1v) is 11.1. The molecule has 0 radical (unpaired) electrons. The van der Waals surface area contributed by atoms with Gasteiger partial charge in [0, 0.05) is 17.8 Å². The number of hydrogen-bond acceptors (Lipinski definition) is 5. The molecule has 1 amide bonds. The van der Waals surface area contributed by atoms with Crippen LogP contribution in [0.3, 0.4) is 0 Å². The van der Waals surface area contributed by atoms with Gasteiger partial charge in [0.25, 0.3) is 15.9 Å². The highest BCUT2D eigenvalue weighted by atomic mass is 32.2. The van der Waals surface area contributed by atoms with Crippen molar-refractivity contribution in [3.63, 3.8) is 0 Å². The summed E-state index contributed by atoms with van der Waals surface area (Å²) in [5.74, 6) is 0.783. The summed E-state index contributed by atoms with van der Waals surface area (Å²) >= 11 is 0. The van der Waals surface area contributed by atoms with Crippen molar-refractivity contribution in [2.75, 3.05) is 18.4 Å². The molecule has 0 unspecified atom stereocenters. The lowest BCUT2D eigenvalue weighted by Crippen LogP contribution is -2.28. The third-order valence-electron chi connectivity index (χ3n) is 4.44. The average Bonchev–Trinajstić information content (AvgIpc) is 2.76. The number of nitrogens with one attached hydrogen (secondary N) is 2. The third kappa shape index (κ3) is 6.23. The van der Waals surface area contributed by atoms with Crippen LogP contribution < -0.4 is 19.5 Å². The number of anilines is 1. The fraction of sp³-hybridized carbons (Fsp3) is 0.174. The largest absolute Gasteiger partial charge is 0.496 e. The molecular formula is C23H24N2O5S. The molecule has 3 aromatic carbocycles. The van der Waals surface area contributed by atoms with E-state index in [9.17, 15) is 13.2 Å². The van der Waals surface area contributed by atoms with Gasteiger partial charge in [-0.25, -0.2) is 8.42 Å². The van der Waals surface area contributed by atoms with Gasteiger partial charge in [0.1, 0.15) is 11.5 Å². The maximum absolute atomic E-state index is 12.5. The molecule has 0 spiro atoms. The van der Waals surface area contributed by atoms with Gasteiger partial charge in [-0.1, -0.05) is 30.3 Å². The van der Waals surface area contributed by atoms with Gasteiger partial charge in [0.15, 0.2) is 6.61 Å². The average molecular weight is 441 g/mol. The zero-order valence-electron chi connectivity index (χ0n) is 17.3. The number of aryl methyl sites for hydroxylation is 1. The van der Waals surface area contributed by atoms with E-state index in [0.717, 1.165) is 11.1 Å². The molecule has 0 aliphatic rings. The van der Waals surface area contributed by atoms with E-state index in [4.69, 9.17) is 9.47 Å². The van der Waals surface area contributed by atoms with Crippen LogP contribution in [0.2, 0.25) is 0 Å². The van der Waals surface area contributed by atoms with Crippen LogP contribution in [0.1, 0.15) is 11.1 Å². The molecule has 0 bridgehead atoms. The predicted octanol–water partition coefficient (Wildman–Crippen LogP) is 3.50. The molecule has 0 saturated carbocycles.